The molecule has 4 rings (SSSR count). The van der Waals surface area contributed by atoms with Gasteiger partial charge >= 0.3 is 6.18 Å². The Hall–Kier alpha value is -3.49. The molecule has 0 fully saturated rings. The topological polar surface area (TPSA) is 81.3 Å². The quantitative estimate of drug-likeness (QED) is 0.305. The monoisotopic (exact) mass is 505 g/mol. The number of aromatic nitrogens is 2. The molecule has 1 heterocycles. The van der Waals surface area contributed by atoms with E-state index in [1.54, 1.807) is 24.3 Å². The van der Waals surface area contributed by atoms with Gasteiger partial charge < -0.3 is 15.6 Å². The summed E-state index contributed by atoms with van der Waals surface area (Å²) in [6.45, 7) is 0.132. The average Bonchev–Trinajstić information content (AvgIpc) is 2.78. The summed E-state index contributed by atoms with van der Waals surface area (Å²) in [6, 6.07) is 17.0. The molecule has 0 saturated carbocycles. The van der Waals surface area contributed by atoms with Crippen LogP contribution in [0.25, 0.3) is 22.4 Å². The van der Waals surface area contributed by atoms with Gasteiger partial charge in [-0.2, -0.15) is 13.2 Å². The molecule has 3 N–H and O–H groups in total. The van der Waals surface area contributed by atoms with Crippen LogP contribution in [0.15, 0.2) is 66.7 Å². The summed E-state index contributed by atoms with van der Waals surface area (Å²) in [5, 5.41) is 11.6. The van der Waals surface area contributed by atoms with E-state index in [-0.39, 0.29) is 40.5 Å². The fourth-order valence-electron chi connectivity index (χ4n) is 3.35. The molecule has 0 aliphatic carbocycles. The Kier molecular flexibility index (Phi) is 6.54. The van der Waals surface area contributed by atoms with E-state index in [2.05, 4.69) is 9.97 Å². The molecule has 0 amide bonds. The Morgan fingerprint density at radius 2 is 1.65 bits per heavy atom. The highest BCUT2D eigenvalue weighted by Crippen LogP contribution is 2.44. The predicted octanol–water partition coefficient (Wildman–Crippen LogP) is 7.00. The van der Waals surface area contributed by atoms with Crippen LogP contribution in [0.3, 0.4) is 0 Å². The lowest BCUT2D eigenvalue weighted by Gasteiger charge is -2.18. The Morgan fingerprint density at radius 3 is 2.29 bits per heavy atom. The van der Waals surface area contributed by atoms with Gasteiger partial charge in [-0.3, -0.25) is 0 Å². The van der Waals surface area contributed by atoms with Crippen LogP contribution in [0.4, 0.5) is 19.1 Å². The number of nitrogens with two attached hydrogens (primary N) is 1. The summed E-state index contributed by atoms with van der Waals surface area (Å²) >= 11 is 12.0. The van der Waals surface area contributed by atoms with Gasteiger partial charge in [0.15, 0.2) is 5.69 Å². The first-order valence-electron chi connectivity index (χ1n) is 9.83. The maximum absolute atomic E-state index is 13.9. The maximum atomic E-state index is 13.9. The van der Waals surface area contributed by atoms with E-state index in [4.69, 9.17) is 33.7 Å². The third-order valence-electron chi connectivity index (χ3n) is 4.90. The molecular formula is C24H16Cl2F3N3O2. The number of rotatable bonds is 5. The number of benzene rings is 3. The first-order chi connectivity index (χ1) is 16.1. The third kappa shape index (κ3) is 5.03. The second kappa shape index (κ2) is 9.40. The lowest BCUT2D eigenvalue weighted by molar-refractivity contribution is -0.140. The molecule has 0 aliphatic rings. The predicted molar refractivity (Wildman–Crippen MR) is 125 cm³/mol. The van der Waals surface area contributed by atoms with Crippen LogP contribution in [0.5, 0.6) is 11.5 Å². The lowest BCUT2D eigenvalue weighted by Crippen LogP contribution is -2.14. The van der Waals surface area contributed by atoms with E-state index in [0.29, 0.717) is 10.0 Å². The highest BCUT2D eigenvalue weighted by molar-refractivity contribution is 6.31. The van der Waals surface area contributed by atoms with Crippen molar-refractivity contribution >= 4 is 29.2 Å². The Labute approximate surface area is 202 Å². The zero-order valence-electron chi connectivity index (χ0n) is 17.3. The summed E-state index contributed by atoms with van der Waals surface area (Å²) < 4.78 is 47.3. The number of nitrogens with zero attached hydrogens (tertiary/aromatic N) is 2. The van der Waals surface area contributed by atoms with Crippen LogP contribution in [0, 0.1) is 0 Å². The van der Waals surface area contributed by atoms with Gasteiger partial charge in [-0.1, -0.05) is 53.5 Å². The zero-order chi connectivity index (χ0) is 24.5. The first kappa shape index (κ1) is 23.7. The minimum atomic E-state index is -4.82. The Morgan fingerprint density at radius 1 is 0.941 bits per heavy atom. The fraction of sp³-hybridized carbons (Fsp3) is 0.0833. The van der Waals surface area contributed by atoms with Crippen LogP contribution in [-0.2, 0) is 12.8 Å². The molecule has 10 heteroatoms. The van der Waals surface area contributed by atoms with E-state index in [1.165, 1.54) is 42.5 Å². The number of phenols is 1. The number of halogens is 5. The van der Waals surface area contributed by atoms with Crippen molar-refractivity contribution in [3.63, 3.8) is 0 Å². The SMILES string of the molecule is Nc1nc(-c2ccc(OCc3ccccc3Cl)cc2O)c(-c2ccc(Cl)cc2)c(C(F)(F)F)n1. The van der Waals surface area contributed by atoms with Crippen LogP contribution in [-0.4, -0.2) is 15.1 Å². The van der Waals surface area contributed by atoms with Crippen molar-refractivity contribution in [1.82, 2.24) is 9.97 Å². The standard InChI is InChI=1S/C24H16Cl2F3N3O2/c25-15-7-5-13(6-8-15)20-21(31-23(30)32-22(20)24(27,28)29)17-10-9-16(11-19(17)33)34-12-14-3-1-2-4-18(14)26/h1-11,33H,12H2,(H2,30,31,32). The van der Waals surface area contributed by atoms with Gasteiger partial charge in [0.25, 0.3) is 0 Å². The summed E-state index contributed by atoms with van der Waals surface area (Å²) in [7, 11) is 0. The van der Waals surface area contributed by atoms with Crippen LogP contribution < -0.4 is 10.5 Å². The molecule has 0 radical (unpaired) electrons. The Balaban J connectivity index is 1.78. The highest BCUT2D eigenvalue weighted by atomic mass is 35.5. The molecule has 34 heavy (non-hydrogen) atoms. The van der Waals surface area contributed by atoms with E-state index < -0.39 is 17.8 Å². The number of hydrogen-bond acceptors (Lipinski definition) is 5. The molecule has 1 aromatic heterocycles. The molecule has 0 saturated heterocycles. The first-order valence-corrected chi connectivity index (χ1v) is 10.6. The van der Waals surface area contributed by atoms with Crippen molar-refractivity contribution in [2.75, 3.05) is 5.73 Å². The number of anilines is 1. The van der Waals surface area contributed by atoms with Crippen molar-refractivity contribution < 1.29 is 23.0 Å². The van der Waals surface area contributed by atoms with E-state index in [0.717, 1.165) is 5.56 Å². The van der Waals surface area contributed by atoms with Crippen molar-refractivity contribution in [3.8, 4) is 33.9 Å². The average molecular weight is 506 g/mol. The van der Waals surface area contributed by atoms with Crippen molar-refractivity contribution in [3.05, 3.63) is 88.0 Å². The number of ether oxygens (including phenoxy) is 1. The molecule has 174 valence electrons. The van der Waals surface area contributed by atoms with Crippen LogP contribution >= 0.6 is 23.2 Å². The summed E-state index contributed by atoms with van der Waals surface area (Å²) in [5.74, 6) is -0.649. The maximum Gasteiger partial charge on any atom is 0.434 e. The summed E-state index contributed by atoms with van der Waals surface area (Å²) in [4.78, 5) is 7.47. The normalized spacial score (nSPS) is 11.4. The van der Waals surface area contributed by atoms with Gasteiger partial charge in [0.2, 0.25) is 5.95 Å². The minimum Gasteiger partial charge on any atom is -0.507 e. The number of nitrogen functional groups attached to an aromatic ring is 1. The van der Waals surface area contributed by atoms with E-state index in [9.17, 15) is 18.3 Å². The van der Waals surface area contributed by atoms with Crippen molar-refractivity contribution in [1.29, 1.82) is 0 Å². The molecule has 0 aliphatic heterocycles. The van der Waals surface area contributed by atoms with Crippen LogP contribution in [0.1, 0.15) is 11.3 Å². The molecule has 5 nitrogen and oxygen atoms in total. The molecule has 4 aromatic rings. The van der Waals surface area contributed by atoms with Gasteiger partial charge in [-0.25, -0.2) is 9.97 Å². The van der Waals surface area contributed by atoms with E-state index >= 15 is 0 Å². The lowest BCUT2D eigenvalue weighted by atomic mass is 9.96. The third-order valence-corrected chi connectivity index (χ3v) is 5.52. The highest BCUT2D eigenvalue weighted by Gasteiger charge is 2.38. The van der Waals surface area contributed by atoms with Gasteiger partial charge in [0.1, 0.15) is 18.1 Å². The van der Waals surface area contributed by atoms with Crippen molar-refractivity contribution in [2.45, 2.75) is 12.8 Å². The number of hydrogen-bond donors (Lipinski definition) is 2. The molecular weight excluding hydrogens is 490 g/mol. The van der Waals surface area contributed by atoms with Gasteiger partial charge in [0.05, 0.1) is 5.69 Å². The van der Waals surface area contributed by atoms with Gasteiger partial charge in [0, 0.05) is 32.8 Å². The van der Waals surface area contributed by atoms with Crippen molar-refractivity contribution in [2.24, 2.45) is 0 Å². The largest absolute Gasteiger partial charge is 0.507 e. The number of alkyl halides is 3. The second-order valence-corrected chi connectivity index (χ2v) is 8.06. The summed E-state index contributed by atoms with van der Waals surface area (Å²) in [5.41, 5.74) is 4.78. The summed E-state index contributed by atoms with van der Waals surface area (Å²) in [6.07, 6.45) is -4.82. The number of aromatic hydroxyl groups is 1. The Bertz CT molecular complexity index is 1350. The fourth-order valence-corrected chi connectivity index (χ4v) is 3.66. The molecule has 0 unspecified atom stereocenters. The zero-order valence-corrected chi connectivity index (χ0v) is 18.8. The van der Waals surface area contributed by atoms with Gasteiger partial charge in [-0.05, 0) is 35.9 Å². The van der Waals surface area contributed by atoms with Crippen LogP contribution in [0.2, 0.25) is 10.0 Å². The molecule has 0 atom stereocenters. The second-order valence-electron chi connectivity index (χ2n) is 7.22. The molecule has 0 bridgehead atoms. The number of phenolic OH excluding ortho intramolecular Hbond substituents is 1. The van der Waals surface area contributed by atoms with E-state index in [1.807, 2.05) is 0 Å². The molecule has 0 spiro atoms. The smallest absolute Gasteiger partial charge is 0.434 e. The van der Waals surface area contributed by atoms with Gasteiger partial charge in [-0.15, -0.1) is 0 Å². The molecule has 3 aromatic carbocycles. The minimum absolute atomic E-state index is 0.0228.